The molecular formula is C20H20F3NO5S. The average Bonchev–Trinajstić information content (AvgIpc) is 2.92. The zero-order valence-corrected chi connectivity index (χ0v) is 17.1. The topological polar surface area (TPSA) is 78.9 Å². The second kappa shape index (κ2) is 10.2. The number of carbonyl (C=O) groups excluding carboxylic acids is 2. The molecule has 0 bridgehead atoms. The highest BCUT2D eigenvalue weighted by Crippen LogP contribution is 2.39. The minimum absolute atomic E-state index is 0.125. The van der Waals surface area contributed by atoms with Gasteiger partial charge in [0.05, 0.1) is 38.2 Å². The molecule has 0 saturated heterocycles. The minimum atomic E-state index is -5.19. The number of aliphatic carboxylic acids is 1. The lowest BCUT2D eigenvalue weighted by atomic mass is 10.2. The Balaban J connectivity index is 0.000000396. The maximum absolute atomic E-state index is 11.3. The van der Waals surface area contributed by atoms with Crippen molar-refractivity contribution >= 4 is 23.3 Å². The van der Waals surface area contributed by atoms with Crippen LogP contribution in [0.1, 0.15) is 5.56 Å². The Morgan fingerprint density at radius 1 is 1.17 bits per heavy atom. The molecule has 0 aliphatic carbocycles. The largest absolute Gasteiger partial charge is 0.542 e. The van der Waals surface area contributed by atoms with Crippen LogP contribution in [0.4, 0.5) is 13.2 Å². The Hall–Kier alpha value is -2.88. The van der Waals surface area contributed by atoms with E-state index in [4.69, 9.17) is 19.4 Å². The number of amides is 1. The number of benzene rings is 2. The normalized spacial score (nSPS) is 15.8. The Bertz CT molecular complexity index is 877. The van der Waals surface area contributed by atoms with Gasteiger partial charge >= 0.3 is 6.18 Å². The van der Waals surface area contributed by atoms with E-state index in [0.717, 1.165) is 35.8 Å². The summed E-state index contributed by atoms with van der Waals surface area (Å²) < 4.78 is 42.6. The fourth-order valence-corrected chi connectivity index (χ4v) is 5.22. The third-order valence-corrected chi connectivity index (χ3v) is 6.56. The summed E-state index contributed by atoms with van der Waals surface area (Å²) >= 11 is 0. The minimum Gasteiger partial charge on any atom is -0.542 e. The summed E-state index contributed by atoms with van der Waals surface area (Å²) in [5, 5.41) is 8.78. The molecule has 1 atom stereocenters. The predicted octanol–water partition coefficient (Wildman–Crippen LogP) is 2.01. The van der Waals surface area contributed by atoms with Gasteiger partial charge in [0, 0.05) is 11.6 Å². The standard InChI is InChI=1S/C18H20NO3S.C2HF3O2/c1-21-15-10-14-12-19(13-20)8-9-23(16-6-4-3-5-7-16)18(14)17(11-15)22-2;3-2(4,5)1(6)7/h3-7,10-11,13H,8-9,12H2,1-2H3;(H,6,7)/q+1;/p-1. The molecule has 1 heterocycles. The highest BCUT2D eigenvalue weighted by molar-refractivity contribution is 7.97. The third-order valence-electron chi connectivity index (χ3n) is 4.17. The monoisotopic (exact) mass is 443 g/mol. The number of carboxylic acid groups (broad SMARTS) is 1. The van der Waals surface area contributed by atoms with Crippen molar-refractivity contribution in [1.82, 2.24) is 4.90 Å². The van der Waals surface area contributed by atoms with Gasteiger partial charge in [0.2, 0.25) is 11.3 Å². The van der Waals surface area contributed by atoms with Gasteiger partial charge in [0.1, 0.15) is 17.5 Å². The number of nitrogens with zero attached hydrogens (tertiary/aromatic N) is 1. The van der Waals surface area contributed by atoms with Crippen LogP contribution < -0.4 is 14.6 Å². The van der Waals surface area contributed by atoms with E-state index in [1.54, 1.807) is 14.2 Å². The van der Waals surface area contributed by atoms with Crippen molar-refractivity contribution in [2.75, 3.05) is 26.5 Å². The van der Waals surface area contributed by atoms with Crippen molar-refractivity contribution in [3.63, 3.8) is 0 Å². The van der Waals surface area contributed by atoms with Crippen LogP contribution >= 0.6 is 0 Å². The number of hydrogen-bond donors (Lipinski definition) is 0. The van der Waals surface area contributed by atoms with Gasteiger partial charge in [-0.3, -0.25) is 4.79 Å². The van der Waals surface area contributed by atoms with Crippen LogP contribution in [0.25, 0.3) is 0 Å². The van der Waals surface area contributed by atoms with E-state index in [1.807, 2.05) is 23.1 Å². The molecule has 0 spiro atoms. The summed E-state index contributed by atoms with van der Waals surface area (Å²) in [5.74, 6) is -0.518. The molecule has 3 rings (SSSR count). The Labute approximate surface area is 174 Å². The van der Waals surface area contributed by atoms with Crippen molar-refractivity contribution in [3.05, 3.63) is 48.0 Å². The SMILES string of the molecule is COc1cc2c(c(OC)c1)[S+](c1ccccc1)CCN(C=O)C2.O=C([O-])C(F)(F)F. The number of halogens is 3. The molecule has 0 radical (unpaired) electrons. The Morgan fingerprint density at radius 2 is 1.80 bits per heavy atom. The number of carbonyl (C=O) groups is 2. The zero-order chi connectivity index (χ0) is 22.3. The van der Waals surface area contributed by atoms with E-state index in [2.05, 4.69) is 24.3 Å². The van der Waals surface area contributed by atoms with Crippen LogP contribution in [-0.2, 0) is 27.0 Å². The van der Waals surface area contributed by atoms with E-state index in [0.29, 0.717) is 6.54 Å². The third kappa shape index (κ3) is 5.82. The first-order chi connectivity index (χ1) is 14.2. The molecule has 2 aromatic carbocycles. The molecule has 162 valence electrons. The first kappa shape index (κ1) is 23.4. The highest BCUT2D eigenvalue weighted by Gasteiger charge is 2.36. The van der Waals surface area contributed by atoms with Crippen LogP contribution in [0.2, 0.25) is 0 Å². The highest BCUT2D eigenvalue weighted by atomic mass is 32.2. The predicted molar refractivity (Wildman–Crippen MR) is 102 cm³/mol. The number of hydrogen-bond acceptors (Lipinski definition) is 5. The summed E-state index contributed by atoms with van der Waals surface area (Å²) in [5.41, 5.74) is 1.10. The van der Waals surface area contributed by atoms with E-state index < -0.39 is 12.1 Å². The number of rotatable bonds is 4. The lowest BCUT2D eigenvalue weighted by molar-refractivity contribution is -0.344. The molecule has 0 fully saturated rings. The molecule has 0 saturated carbocycles. The van der Waals surface area contributed by atoms with Crippen molar-refractivity contribution in [3.8, 4) is 11.5 Å². The number of alkyl halides is 3. The average molecular weight is 443 g/mol. The quantitative estimate of drug-likeness (QED) is 0.534. The van der Waals surface area contributed by atoms with Gasteiger partial charge in [0.15, 0.2) is 10.6 Å². The molecule has 6 nitrogen and oxygen atoms in total. The van der Waals surface area contributed by atoms with Crippen molar-refractivity contribution in [1.29, 1.82) is 0 Å². The second-order valence-corrected chi connectivity index (χ2v) is 8.16. The molecule has 1 unspecified atom stereocenters. The number of methoxy groups -OCH3 is 2. The fourth-order valence-electron chi connectivity index (χ4n) is 2.82. The molecule has 30 heavy (non-hydrogen) atoms. The smallest absolute Gasteiger partial charge is 0.430 e. The van der Waals surface area contributed by atoms with Gasteiger partial charge in [-0.05, 0) is 18.2 Å². The molecule has 0 aromatic heterocycles. The first-order valence-corrected chi connectivity index (χ1v) is 10.1. The van der Waals surface area contributed by atoms with Crippen LogP contribution in [0.15, 0.2) is 52.3 Å². The number of ether oxygens (including phenoxy) is 2. The zero-order valence-electron chi connectivity index (χ0n) is 16.3. The maximum atomic E-state index is 11.3. The van der Waals surface area contributed by atoms with Crippen molar-refractivity contribution in [2.45, 2.75) is 22.5 Å². The van der Waals surface area contributed by atoms with E-state index in [1.165, 1.54) is 9.79 Å². The molecule has 0 N–H and O–H groups in total. The molecule has 1 amide bonds. The van der Waals surface area contributed by atoms with Crippen LogP contribution in [0, 0.1) is 0 Å². The lowest BCUT2D eigenvalue weighted by Gasteiger charge is -2.14. The van der Waals surface area contributed by atoms with Crippen molar-refractivity contribution in [2.24, 2.45) is 0 Å². The molecule has 1 aliphatic rings. The molecular weight excluding hydrogens is 423 g/mol. The van der Waals surface area contributed by atoms with E-state index in [-0.39, 0.29) is 10.9 Å². The lowest BCUT2D eigenvalue weighted by Crippen LogP contribution is -2.37. The van der Waals surface area contributed by atoms with Crippen LogP contribution in [-0.4, -0.2) is 50.0 Å². The molecule has 10 heteroatoms. The van der Waals surface area contributed by atoms with Gasteiger partial charge in [-0.2, -0.15) is 13.2 Å². The molecule has 2 aromatic rings. The summed E-state index contributed by atoms with van der Waals surface area (Å²) in [7, 11) is 3.20. The van der Waals surface area contributed by atoms with Crippen molar-refractivity contribution < 1.29 is 37.3 Å². The van der Waals surface area contributed by atoms with Gasteiger partial charge in [-0.15, -0.1) is 0 Å². The fraction of sp³-hybridized carbons (Fsp3) is 0.300. The summed E-state index contributed by atoms with van der Waals surface area (Å²) in [6.07, 6.45) is -4.27. The van der Waals surface area contributed by atoms with Gasteiger partial charge in [-0.25, -0.2) is 0 Å². The summed E-state index contributed by atoms with van der Waals surface area (Å²) in [4.78, 5) is 24.4. The van der Waals surface area contributed by atoms with Gasteiger partial charge in [-0.1, -0.05) is 18.2 Å². The number of carboxylic acids is 1. The Kier molecular flexibility index (Phi) is 7.99. The van der Waals surface area contributed by atoms with E-state index >= 15 is 0 Å². The van der Waals surface area contributed by atoms with Crippen LogP contribution in [0.5, 0.6) is 11.5 Å². The van der Waals surface area contributed by atoms with Gasteiger partial charge in [0.25, 0.3) is 0 Å². The summed E-state index contributed by atoms with van der Waals surface area (Å²) in [6.45, 7) is 1.32. The van der Waals surface area contributed by atoms with Gasteiger partial charge < -0.3 is 24.3 Å². The van der Waals surface area contributed by atoms with E-state index in [9.17, 15) is 18.0 Å². The summed E-state index contributed by atoms with van der Waals surface area (Å²) in [6, 6.07) is 14.4. The first-order valence-electron chi connectivity index (χ1n) is 8.69. The molecule has 1 aliphatic heterocycles. The Morgan fingerprint density at radius 3 is 2.30 bits per heavy atom. The second-order valence-electron chi connectivity index (χ2n) is 6.09. The van der Waals surface area contributed by atoms with Crippen LogP contribution in [0.3, 0.4) is 0 Å². The number of fused-ring (bicyclic) bond motifs is 1. The maximum Gasteiger partial charge on any atom is 0.430 e.